The van der Waals surface area contributed by atoms with Crippen molar-refractivity contribution >= 4 is 11.8 Å². The largest absolute Gasteiger partial charge is 0.323 e. The lowest BCUT2D eigenvalue weighted by molar-refractivity contribution is 0.622. The van der Waals surface area contributed by atoms with Gasteiger partial charge in [-0.3, -0.25) is 0 Å². The molecule has 0 aliphatic rings. The van der Waals surface area contributed by atoms with Gasteiger partial charge in [0, 0.05) is 23.2 Å². The van der Waals surface area contributed by atoms with Crippen LogP contribution in [0.4, 0.5) is 4.39 Å². The van der Waals surface area contributed by atoms with Crippen LogP contribution in [0.2, 0.25) is 0 Å². The van der Waals surface area contributed by atoms with Crippen LogP contribution in [0.15, 0.2) is 29.4 Å². The normalized spacial score (nSPS) is 12.4. The van der Waals surface area contributed by atoms with Crippen LogP contribution in [0.3, 0.4) is 0 Å². The van der Waals surface area contributed by atoms with Crippen LogP contribution in [-0.2, 0) is 0 Å². The Hall–Kier alpha value is -1.46. The van der Waals surface area contributed by atoms with Crippen molar-refractivity contribution in [3.8, 4) is 0 Å². The summed E-state index contributed by atoms with van der Waals surface area (Å²) in [7, 11) is 0. The fourth-order valence-electron chi connectivity index (χ4n) is 1.80. The second-order valence-corrected chi connectivity index (χ2v) is 5.76. The van der Waals surface area contributed by atoms with E-state index in [9.17, 15) is 4.39 Å². The van der Waals surface area contributed by atoms with Gasteiger partial charge in [-0.15, -0.1) is 0 Å². The van der Waals surface area contributed by atoms with Crippen LogP contribution in [0.1, 0.15) is 28.6 Å². The van der Waals surface area contributed by atoms with Crippen molar-refractivity contribution in [1.82, 2.24) is 9.97 Å². The van der Waals surface area contributed by atoms with Crippen LogP contribution in [0.25, 0.3) is 0 Å². The van der Waals surface area contributed by atoms with Gasteiger partial charge in [-0.05, 0) is 44.0 Å². The number of nitrogens with zero attached hydrogens (tertiary/aromatic N) is 2. The first-order valence-electron chi connectivity index (χ1n) is 6.43. The minimum absolute atomic E-state index is 0.235. The molecule has 1 aromatic heterocycles. The number of rotatable bonds is 4. The number of hydrogen-bond acceptors (Lipinski definition) is 4. The Morgan fingerprint density at radius 1 is 1.20 bits per heavy atom. The molecule has 0 amide bonds. The highest BCUT2D eigenvalue weighted by Gasteiger charge is 2.10. The number of nitrogens with two attached hydrogens (primary N) is 1. The molecule has 3 nitrogen and oxygen atoms in total. The molecule has 20 heavy (non-hydrogen) atoms. The van der Waals surface area contributed by atoms with Crippen LogP contribution in [0, 0.1) is 26.6 Å². The molecule has 0 spiro atoms. The third-order valence-corrected chi connectivity index (χ3v) is 4.25. The smallest absolute Gasteiger partial charge is 0.188 e. The van der Waals surface area contributed by atoms with Gasteiger partial charge in [-0.2, -0.15) is 0 Å². The molecule has 0 aliphatic carbocycles. The number of benzene rings is 1. The van der Waals surface area contributed by atoms with Gasteiger partial charge in [-0.1, -0.05) is 23.9 Å². The zero-order valence-electron chi connectivity index (χ0n) is 11.9. The van der Waals surface area contributed by atoms with Crippen molar-refractivity contribution in [2.24, 2.45) is 5.73 Å². The van der Waals surface area contributed by atoms with Gasteiger partial charge in [0.2, 0.25) is 0 Å². The van der Waals surface area contributed by atoms with Crippen LogP contribution >= 0.6 is 11.8 Å². The predicted octanol–water partition coefficient (Wildman–Crippen LogP) is 3.33. The van der Waals surface area contributed by atoms with E-state index in [0.717, 1.165) is 27.7 Å². The molecule has 0 bridgehead atoms. The van der Waals surface area contributed by atoms with E-state index in [1.54, 1.807) is 6.07 Å². The lowest BCUT2D eigenvalue weighted by atomic mass is 10.1. The van der Waals surface area contributed by atoms with E-state index in [1.165, 1.54) is 23.9 Å². The predicted molar refractivity (Wildman–Crippen MR) is 80.3 cm³/mol. The van der Waals surface area contributed by atoms with E-state index < -0.39 is 0 Å². The van der Waals surface area contributed by atoms with Gasteiger partial charge in [0.15, 0.2) is 5.16 Å². The van der Waals surface area contributed by atoms with Gasteiger partial charge in [0.05, 0.1) is 0 Å². The molecule has 0 radical (unpaired) electrons. The second-order valence-electron chi connectivity index (χ2n) is 4.77. The lowest BCUT2D eigenvalue weighted by Gasteiger charge is -2.12. The monoisotopic (exact) mass is 291 g/mol. The molecule has 0 saturated heterocycles. The van der Waals surface area contributed by atoms with E-state index in [2.05, 4.69) is 9.97 Å². The zero-order valence-corrected chi connectivity index (χ0v) is 12.7. The first-order valence-corrected chi connectivity index (χ1v) is 7.41. The van der Waals surface area contributed by atoms with Crippen molar-refractivity contribution in [3.05, 3.63) is 52.6 Å². The minimum atomic E-state index is -0.263. The van der Waals surface area contributed by atoms with Crippen molar-refractivity contribution in [1.29, 1.82) is 0 Å². The zero-order chi connectivity index (χ0) is 14.7. The Morgan fingerprint density at radius 3 is 2.45 bits per heavy atom. The van der Waals surface area contributed by atoms with Crippen LogP contribution < -0.4 is 5.73 Å². The SMILES string of the molecule is Cc1nc(SCC(N)c2cccc(F)c2)nc(C)c1C. The average Bonchev–Trinajstić information content (AvgIpc) is 2.42. The van der Waals surface area contributed by atoms with Crippen LogP contribution in [0.5, 0.6) is 0 Å². The maximum Gasteiger partial charge on any atom is 0.188 e. The number of thioether (sulfide) groups is 1. The van der Waals surface area contributed by atoms with E-state index >= 15 is 0 Å². The van der Waals surface area contributed by atoms with E-state index in [0.29, 0.717) is 5.75 Å². The Balaban J connectivity index is 2.05. The molecule has 0 saturated carbocycles. The topological polar surface area (TPSA) is 51.8 Å². The number of halogens is 1. The summed E-state index contributed by atoms with van der Waals surface area (Å²) in [5, 5.41) is 0.720. The molecular weight excluding hydrogens is 273 g/mol. The van der Waals surface area contributed by atoms with Gasteiger partial charge >= 0.3 is 0 Å². The summed E-state index contributed by atoms with van der Waals surface area (Å²) in [6.45, 7) is 5.96. The average molecular weight is 291 g/mol. The summed E-state index contributed by atoms with van der Waals surface area (Å²) in [5.41, 5.74) is 9.95. The van der Waals surface area contributed by atoms with Gasteiger partial charge in [0.1, 0.15) is 5.82 Å². The summed E-state index contributed by atoms with van der Waals surface area (Å²) in [4.78, 5) is 8.88. The number of hydrogen-bond donors (Lipinski definition) is 1. The van der Waals surface area contributed by atoms with Gasteiger partial charge in [0.25, 0.3) is 0 Å². The maximum atomic E-state index is 13.2. The molecule has 0 fully saturated rings. The van der Waals surface area contributed by atoms with Crippen molar-refractivity contribution < 1.29 is 4.39 Å². The molecular formula is C15H18FN3S. The first kappa shape index (κ1) is 14.9. The molecule has 2 rings (SSSR count). The van der Waals surface area contributed by atoms with E-state index in [-0.39, 0.29) is 11.9 Å². The summed E-state index contributed by atoms with van der Waals surface area (Å²) in [5.74, 6) is 0.354. The molecule has 2 aromatic rings. The molecule has 2 N–H and O–H groups in total. The highest BCUT2D eigenvalue weighted by Crippen LogP contribution is 2.22. The maximum absolute atomic E-state index is 13.2. The highest BCUT2D eigenvalue weighted by atomic mass is 32.2. The summed E-state index contributed by atoms with van der Waals surface area (Å²) < 4.78 is 13.2. The molecule has 1 aromatic carbocycles. The van der Waals surface area contributed by atoms with Crippen molar-refractivity contribution in [2.45, 2.75) is 32.0 Å². The fourth-order valence-corrected chi connectivity index (χ4v) is 2.73. The number of aryl methyl sites for hydroxylation is 2. The Labute approximate surface area is 122 Å². The molecule has 1 atom stereocenters. The minimum Gasteiger partial charge on any atom is -0.323 e. The molecule has 1 unspecified atom stereocenters. The van der Waals surface area contributed by atoms with Crippen molar-refractivity contribution in [3.63, 3.8) is 0 Å². The molecule has 1 heterocycles. The second kappa shape index (κ2) is 6.33. The third kappa shape index (κ3) is 3.55. The molecule has 5 heteroatoms. The van der Waals surface area contributed by atoms with Crippen LogP contribution in [-0.4, -0.2) is 15.7 Å². The van der Waals surface area contributed by atoms with Gasteiger partial charge < -0.3 is 5.73 Å². The summed E-state index contributed by atoms with van der Waals surface area (Å²) in [6.07, 6.45) is 0. The quantitative estimate of drug-likeness (QED) is 0.693. The highest BCUT2D eigenvalue weighted by molar-refractivity contribution is 7.99. The number of aromatic nitrogens is 2. The Kier molecular flexibility index (Phi) is 4.73. The summed E-state index contributed by atoms with van der Waals surface area (Å²) >= 11 is 1.50. The Morgan fingerprint density at radius 2 is 1.85 bits per heavy atom. The first-order chi connectivity index (χ1) is 9.47. The lowest BCUT2D eigenvalue weighted by Crippen LogP contribution is -2.13. The van der Waals surface area contributed by atoms with E-state index in [1.807, 2.05) is 26.8 Å². The van der Waals surface area contributed by atoms with E-state index in [4.69, 9.17) is 5.73 Å². The fraction of sp³-hybridized carbons (Fsp3) is 0.333. The Bertz CT molecular complexity index is 593. The summed E-state index contributed by atoms with van der Waals surface area (Å²) in [6, 6.07) is 6.16. The van der Waals surface area contributed by atoms with Gasteiger partial charge in [-0.25, -0.2) is 14.4 Å². The standard InChI is InChI=1S/C15H18FN3S/c1-9-10(2)18-15(19-11(9)3)20-8-14(17)12-5-4-6-13(16)7-12/h4-7,14H,8,17H2,1-3H3. The van der Waals surface area contributed by atoms with Crippen molar-refractivity contribution in [2.75, 3.05) is 5.75 Å². The third-order valence-electron chi connectivity index (χ3n) is 3.28. The molecule has 106 valence electrons. The molecule has 0 aliphatic heterocycles.